The highest BCUT2D eigenvalue weighted by Crippen LogP contribution is 2.23. The summed E-state index contributed by atoms with van der Waals surface area (Å²) in [5.41, 5.74) is 0. The summed E-state index contributed by atoms with van der Waals surface area (Å²) in [7, 11) is 0. The lowest BCUT2D eigenvalue weighted by molar-refractivity contribution is -0.152. The predicted molar refractivity (Wildman–Crippen MR) is 82.3 cm³/mol. The number of amides is 2. The molecule has 3 aliphatic heterocycles. The average molecular weight is 309 g/mol. The fourth-order valence-electron chi connectivity index (χ4n) is 3.74. The molecule has 0 bridgehead atoms. The first-order valence-electron chi connectivity index (χ1n) is 8.65. The maximum absolute atomic E-state index is 12.8. The minimum atomic E-state index is -0.249. The number of piperidine rings is 2. The number of morpholine rings is 1. The highest BCUT2D eigenvalue weighted by Gasteiger charge is 2.37. The van der Waals surface area contributed by atoms with E-state index in [4.69, 9.17) is 4.74 Å². The van der Waals surface area contributed by atoms with Crippen molar-refractivity contribution < 1.29 is 14.3 Å². The minimum absolute atomic E-state index is 0.0480. The van der Waals surface area contributed by atoms with Gasteiger partial charge in [-0.2, -0.15) is 0 Å². The van der Waals surface area contributed by atoms with E-state index in [1.54, 1.807) is 0 Å². The Bertz CT molecular complexity index is 365. The SMILES string of the molecule is O=C(C1CCCCN1C(=O)C1CCCNC1)N1CCOCC1. The molecular weight excluding hydrogens is 282 g/mol. The van der Waals surface area contributed by atoms with E-state index in [2.05, 4.69) is 5.32 Å². The molecule has 0 saturated carbocycles. The fraction of sp³-hybridized carbons (Fsp3) is 0.875. The number of carbonyl (C=O) groups is 2. The molecule has 6 nitrogen and oxygen atoms in total. The summed E-state index contributed by atoms with van der Waals surface area (Å²) in [5, 5.41) is 3.30. The van der Waals surface area contributed by atoms with Gasteiger partial charge in [0.25, 0.3) is 0 Å². The Hall–Kier alpha value is -1.14. The van der Waals surface area contributed by atoms with Crippen molar-refractivity contribution in [3.05, 3.63) is 0 Å². The summed E-state index contributed by atoms with van der Waals surface area (Å²) < 4.78 is 5.32. The van der Waals surface area contributed by atoms with Crippen LogP contribution >= 0.6 is 0 Å². The number of hydrogen-bond acceptors (Lipinski definition) is 4. The highest BCUT2D eigenvalue weighted by atomic mass is 16.5. The minimum Gasteiger partial charge on any atom is -0.378 e. The number of hydrogen-bond donors (Lipinski definition) is 1. The van der Waals surface area contributed by atoms with E-state index < -0.39 is 0 Å². The van der Waals surface area contributed by atoms with Crippen molar-refractivity contribution in [1.82, 2.24) is 15.1 Å². The van der Waals surface area contributed by atoms with Crippen LogP contribution in [-0.4, -0.2) is 73.6 Å². The summed E-state index contributed by atoms with van der Waals surface area (Å²) >= 11 is 0. The van der Waals surface area contributed by atoms with E-state index in [1.165, 1.54) is 0 Å². The Morgan fingerprint density at radius 2 is 1.77 bits per heavy atom. The van der Waals surface area contributed by atoms with Gasteiger partial charge in [0, 0.05) is 26.2 Å². The molecule has 2 unspecified atom stereocenters. The summed E-state index contributed by atoms with van der Waals surface area (Å²) in [6.45, 7) is 5.02. The normalized spacial score (nSPS) is 30.2. The lowest BCUT2D eigenvalue weighted by Crippen LogP contribution is -2.57. The van der Waals surface area contributed by atoms with Gasteiger partial charge in [-0.15, -0.1) is 0 Å². The van der Waals surface area contributed by atoms with Crippen LogP contribution in [-0.2, 0) is 14.3 Å². The molecule has 3 aliphatic rings. The van der Waals surface area contributed by atoms with Gasteiger partial charge < -0.3 is 19.9 Å². The van der Waals surface area contributed by atoms with Gasteiger partial charge in [0.1, 0.15) is 6.04 Å². The zero-order valence-corrected chi connectivity index (χ0v) is 13.3. The molecule has 1 N–H and O–H groups in total. The summed E-state index contributed by atoms with van der Waals surface area (Å²) in [6, 6.07) is -0.249. The second-order valence-electron chi connectivity index (χ2n) is 6.52. The summed E-state index contributed by atoms with van der Waals surface area (Å²) in [4.78, 5) is 29.4. The van der Waals surface area contributed by atoms with Crippen LogP contribution < -0.4 is 5.32 Å². The molecule has 3 heterocycles. The molecule has 0 aromatic rings. The molecule has 124 valence electrons. The maximum Gasteiger partial charge on any atom is 0.245 e. The first-order chi connectivity index (χ1) is 10.8. The Kier molecular flexibility index (Phi) is 5.31. The van der Waals surface area contributed by atoms with E-state index in [0.29, 0.717) is 26.3 Å². The van der Waals surface area contributed by atoms with Gasteiger partial charge in [-0.05, 0) is 38.6 Å². The van der Waals surface area contributed by atoms with Crippen LogP contribution in [0.3, 0.4) is 0 Å². The van der Waals surface area contributed by atoms with Crippen molar-refractivity contribution in [2.45, 2.75) is 38.1 Å². The van der Waals surface area contributed by atoms with Crippen molar-refractivity contribution in [2.75, 3.05) is 45.9 Å². The van der Waals surface area contributed by atoms with E-state index in [9.17, 15) is 9.59 Å². The van der Waals surface area contributed by atoms with Crippen LogP contribution in [0.25, 0.3) is 0 Å². The van der Waals surface area contributed by atoms with Gasteiger partial charge in [0.2, 0.25) is 11.8 Å². The van der Waals surface area contributed by atoms with Gasteiger partial charge in [0.05, 0.1) is 19.1 Å². The smallest absolute Gasteiger partial charge is 0.245 e. The van der Waals surface area contributed by atoms with Gasteiger partial charge in [-0.3, -0.25) is 9.59 Å². The summed E-state index contributed by atoms with van der Waals surface area (Å²) in [5.74, 6) is 0.352. The average Bonchev–Trinajstić information content (AvgIpc) is 2.62. The predicted octanol–water partition coefficient (Wildman–Crippen LogP) is 0.226. The van der Waals surface area contributed by atoms with Crippen molar-refractivity contribution in [3.63, 3.8) is 0 Å². The molecule has 22 heavy (non-hydrogen) atoms. The van der Waals surface area contributed by atoms with Crippen molar-refractivity contribution in [3.8, 4) is 0 Å². The standard InChI is InChI=1S/C16H27N3O3/c20-15(13-4-3-6-17-12-13)19-7-2-1-5-14(19)16(21)18-8-10-22-11-9-18/h13-14,17H,1-12H2. The Balaban J connectivity index is 1.67. The van der Waals surface area contributed by atoms with Crippen molar-refractivity contribution in [1.29, 1.82) is 0 Å². The monoisotopic (exact) mass is 309 g/mol. The lowest BCUT2D eigenvalue weighted by atomic mass is 9.94. The maximum atomic E-state index is 12.8. The van der Waals surface area contributed by atoms with E-state index >= 15 is 0 Å². The molecule has 3 fully saturated rings. The van der Waals surface area contributed by atoms with Gasteiger partial charge >= 0.3 is 0 Å². The largest absolute Gasteiger partial charge is 0.378 e. The van der Waals surface area contributed by atoms with Crippen LogP contribution in [0.5, 0.6) is 0 Å². The first-order valence-corrected chi connectivity index (χ1v) is 8.65. The third-order valence-corrected chi connectivity index (χ3v) is 5.04. The van der Waals surface area contributed by atoms with Gasteiger partial charge in [-0.1, -0.05) is 0 Å². The van der Waals surface area contributed by atoms with Gasteiger partial charge in [0.15, 0.2) is 0 Å². The van der Waals surface area contributed by atoms with E-state index in [1.807, 2.05) is 9.80 Å². The van der Waals surface area contributed by atoms with Crippen LogP contribution in [0, 0.1) is 5.92 Å². The van der Waals surface area contributed by atoms with E-state index in [0.717, 1.165) is 51.7 Å². The molecule has 3 saturated heterocycles. The highest BCUT2D eigenvalue weighted by molar-refractivity contribution is 5.89. The number of nitrogens with one attached hydrogen (secondary N) is 1. The fourth-order valence-corrected chi connectivity index (χ4v) is 3.74. The van der Waals surface area contributed by atoms with Crippen LogP contribution in [0.15, 0.2) is 0 Å². The third kappa shape index (κ3) is 3.43. The topological polar surface area (TPSA) is 61.9 Å². The number of ether oxygens (including phenoxy) is 1. The van der Waals surface area contributed by atoms with Crippen molar-refractivity contribution >= 4 is 11.8 Å². The van der Waals surface area contributed by atoms with Crippen LogP contribution in [0.4, 0.5) is 0 Å². The molecule has 2 amide bonds. The molecular formula is C16H27N3O3. The number of nitrogens with zero attached hydrogens (tertiary/aromatic N) is 2. The zero-order chi connectivity index (χ0) is 15.4. The molecule has 2 atom stereocenters. The zero-order valence-electron chi connectivity index (χ0n) is 13.3. The van der Waals surface area contributed by atoms with Crippen LogP contribution in [0.2, 0.25) is 0 Å². The second kappa shape index (κ2) is 7.42. The number of carbonyl (C=O) groups excluding carboxylic acids is 2. The number of rotatable bonds is 2. The molecule has 0 aromatic heterocycles. The number of likely N-dealkylation sites (tertiary alicyclic amines) is 1. The van der Waals surface area contributed by atoms with E-state index in [-0.39, 0.29) is 23.8 Å². The van der Waals surface area contributed by atoms with Crippen LogP contribution in [0.1, 0.15) is 32.1 Å². The molecule has 0 radical (unpaired) electrons. The first kappa shape index (κ1) is 15.7. The Morgan fingerprint density at radius 1 is 0.955 bits per heavy atom. The molecule has 0 aromatic carbocycles. The molecule has 6 heteroatoms. The molecule has 3 rings (SSSR count). The quantitative estimate of drug-likeness (QED) is 0.793. The Labute approximate surface area is 132 Å². The third-order valence-electron chi connectivity index (χ3n) is 5.04. The lowest BCUT2D eigenvalue weighted by Gasteiger charge is -2.40. The van der Waals surface area contributed by atoms with Crippen molar-refractivity contribution in [2.24, 2.45) is 5.92 Å². The second-order valence-corrected chi connectivity index (χ2v) is 6.52. The Morgan fingerprint density at radius 3 is 2.50 bits per heavy atom. The summed E-state index contributed by atoms with van der Waals surface area (Å²) in [6.07, 6.45) is 4.85. The molecule has 0 spiro atoms. The van der Waals surface area contributed by atoms with Gasteiger partial charge in [-0.25, -0.2) is 0 Å². The molecule has 0 aliphatic carbocycles.